The van der Waals surface area contributed by atoms with E-state index in [4.69, 9.17) is 12.2 Å². The summed E-state index contributed by atoms with van der Waals surface area (Å²) in [7, 11) is 0. The highest BCUT2D eigenvalue weighted by molar-refractivity contribution is 7.71. The van der Waals surface area contributed by atoms with Gasteiger partial charge in [-0.15, -0.1) is 0 Å². The highest BCUT2D eigenvalue weighted by Gasteiger charge is 2.22. The van der Waals surface area contributed by atoms with Crippen molar-refractivity contribution in [2.45, 2.75) is 0 Å². The highest BCUT2D eigenvalue weighted by Crippen LogP contribution is 2.32. The fourth-order valence-electron chi connectivity index (χ4n) is 4.55. The number of para-hydroxylation sites is 3. The monoisotopic (exact) mass is 471 g/mol. The SMILES string of the molecule is O=c1c2cc(-c3ccccc3)n(-c3ccccc3)c2n(-c2ccccc2)c(=S)n1-c1ccccc1. The quantitative estimate of drug-likeness (QED) is 0.260. The third kappa shape index (κ3) is 3.54. The lowest BCUT2D eigenvalue weighted by molar-refractivity contribution is 0.858. The van der Waals surface area contributed by atoms with Crippen molar-refractivity contribution in [3.8, 4) is 28.3 Å². The summed E-state index contributed by atoms with van der Waals surface area (Å²) in [6.07, 6.45) is 0. The van der Waals surface area contributed by atoms with Crippen molar-refractivity contribution >= 4 is 23.3 Å². The van der Waals surface area contributed by atoms with Crippen LogP contribution in [-0.4, -0.2) is 13.7 Å². The average molecular weight is 472 g/mol. The maximum absolute atomic E-state index is 14.0. The molecule has 0 aliphatic carbocycles. The standard InChI is InChI=1S/C30H21N3OS/c34-29-26-21-27(22-13-5-1-6-14-22)31(23-15-7-2-8-16-23)28(26)32(24-17-9-3-10-18-24)30(35)33(29)25-19-11-4-12-20-25/h1-21H. The number of benzene rings is 4. The Balaban J connectivity index is 1.85. The first-order valence-corrected chi connectivity index (χ1v) is 11.8. The molecule has 0 saturated heterocycles. The minimum absolute atomic E-state index is 0.143. The van der Waals surface area contributed by atoms with E-state index in [0.717, 1.165) is 34.0 Å². The summed E-state index contributed by atoms with van der Waals surface area (Å²) in [4.78, 5) is 14.0. The first kappa shape index (κ1) is 21.1. The molecule has 0 aliphatic rings. The molecule has 2 aromatic heterocycles. The third-order valence-electron chi connectivity index (χ3n) is 6.12. The van der Waals surface area contributed by atoms with Gasteiger partial charge in [-0.1, -0.05) is 84.9 Å². The molecular formula is C30H21N3OS. The molecule has 0 amide bonds. The van der Waals surface area contributed by atoms with Gasteiger partial charge in [0.25, 0.3) is 5.56 Å². The predicted octanol–water partition coefficient (Wildman–Crippen LogP) is 6.97. The van der Waals surface area contributed by atoms with Gasteiger partial charge in [0.2, 0.25) is 0 Å². The van der Waals surface area contributed by atoms with Crippen LogP contribution in [0.25, 0.3) is 39.4 Å². The molecule has 6 rings (SSSR count). The number of nitrogens with zero attached hydrogens (tertiary/aromatic N) is 3. The molecule has 0 fully saturated rings. The van der Waals surface area contributed by atoms with Gasteiger partial charge in [0, 0.05) is 11.4 Å². The Bertz CT molecular complexity index is 1750. The van der Waals surface area contributed by atoms with Crippen molar-refractivity contribution in [3.63, 3.8) is 0 Å². The molecule has 4 aromatic carbocycles. The molecule has 0 unspecified atom stereocenters. The number of hydrogen-bond acceptors (Lipinski definition) is 2. The van der Waals surface area contributed by atoms with Crippen LogP contribution >= 0.6 is 12.2 Å². The van der Waals surface area contributed by atoms with Crippen molar-refractivity contribution in [3.05, 3.63) is 143 Å². The molecule has 2 heterocycles. The molecule has 0 N–H and O–H groups in total. The van der Waals surface area contributed by atoms with Crippen molar-refractivity contribution < 1.29 is 0 Å². The van der Waals surface area contributed by atoms with Crippen molar-refractivity contribution in [2.24, 2.45) is 0 Å². The van der Waals surface area contributed by atoms with Gasteiger partial charge in [0.1, 0.15) is 5.65 Å². The van der Waals surface area contributed by atoms with Crippen LogP contribution < -0.4 is 5.56 Å². The normalized spacial score (nSPS) is 11.1. The largest absolute Gasteiger partial charge is 0.295 e. The number of hydrogen-bond donors (Lipinski definition) is 0. The Morgan fingerprint density at radius 1 is 0.514 bits per heavy atom. The van der Waals surface area contributed by atoms with Crippen molar-refractivity contribution in [1.29, 1.82) is 0 Å². The molecule has 0 aliphatic heterocycles. The summed E-state index contributed by atoms with van der Waals surface area (Å²) in [5, 5.41) is 0.592. The summed E-state index contributed by atoms with van der Waals surface area (Å²) < 4.78 is 6.16. The fourth-order valence-corrected chi connectivity index (χ4v) is 4.93. The van der Waals surface area contributed by atoms with Gasteiger partial charge in [-0.3, -0.25) is 18.5 Å². The first-order valence-electron chi connectivity index (χ1n) is 11.4. The molecule has 4 nitrogen and oxygen atoms in total. The van der Waals surface area contributed by atoms with Gasteiger partial charge < -0.3 is 0 Å². The Hall–Kier alpha value is -4.48. The highest BCUT2D eigenvalue weighted by atomic mass is 32.1. The summed E-state index contributed by atoms with van der Waals surface area (Å²) in [6, 6.07) is 41.7. The zero-order valence-electron chi connectivity index (χ0n) is 18.8. The van der Waals surface area contributed by atoms with E-state index in [-0.39, 0.29) is 5.56 Å². The van der Waals surface area contributed by atoms with Gasteiger partial charge in [-0.05, 0) is 60.2 Å². The molecule has 5 heteroatoms. The Morgan fingerprint density at radius 3 is 1.46 bits per heavy atom. The molecule has 35 heavy (non-hydrogen) atoms. The van der Waals surface area contributed by atoms with Crippen LogP contribution in [-0.2, 0) is 0 Å². The second-order valence-corrected chi connectivity index (χ2v) is 8.60. The number of rotatable bonds is 4. The second kappa shape index (κ2) is 8.70. The van der Waals surface area contributed by atoms with Gasteiger partial charge in [0.15, 0.2) is 4.77 Å². The lowest BCUT2D eigenvalue weighted by Crippen LogP contribution is -2.24. The Morgan fingerprint density at radius 2 is 0.943 bits per heavy atom. The Labute approximate surface area is 207 Å². The molecule has 6 aromatic rings. The van der Waals surface area contributed by atoms with E-state index < -0.39 is 0 Å². The molecule has 0 atom stereocenters. The summed E-state index contributed by atoms with van der Waals surface area (Å²) in [5.41, 5.74) is 5.12. The number of fused-ring (bicyclic) bond motifs is 1. The molecular weight excluding hydrogens is 450 g/mol. The number of aromatic nitrogens is 3. The molecule has 0 saturated carbocycles. The van der Waals surface area contributed by atoms with Gasteiger partial charge >= 0.3 is 0 Å². The van der Waals surface area contributed by atoms with Crippen molar-refractivity contribution in [1.82, 2.24) is 13.7 Å². The molecule has 0 spiro atoms. The van der Waals surface area contributed by atoms with Gasteiger partial charge in [-0.25, -0.2) is 0 Å². The second-order valence-electron chi connectivity index (χ2n) is 8.23. The van der Waals surface area contributed by atoms with E-state index in [2.05, 4.69) is 16.7 Å². The fraction of sp³-hybridized carbons (Fsp3) is 0. The van der Waals surface area contributed by atoms with E-state index in [1.807, 2.05) is 120 Å². The average Bonchev–Trinajstić information content (AvgIpc) is 3.32. The minimum atomic E-state index is -0.143. The van der Waals surface area contributed by atoms with E-state index in [9.17, 15) is 4.79 Å². The predicted molar refractivity (Wildman–Crippen MR) is 144 cm³/mol. The lowest BCUT2D eigenvalue weighted by atomic mass is 10.1. The van der Waals surface area contributed by atoms with Gasteiger partial charge in [0.05, 0.1) is 16.8 Å². The minimum Gasteiger partial charge on any atom is -0.295 e. The first-order chi connectivity index (χ1) is 17.2. The zero-order valence-corrected chi connectivity index (χ0v) is 19.6. The van der Waals surface area contributed by atoms with Crippen LogP contribution in [0, 0.1) is 4.77 Å². The maximum Gasteiger partial charge on any atom is 0.268 e. The zero-order chi connectivity index (χ0) is 23.8. The molecule has 168 valence electrons. The van der Waals surface area contributed by atoms with Crippen LogP contribution in [0.3, 0.4) is 0 Å². The lowest BCUT2D eigenvalue weighted by Gasteiger charge is -2.18. The van der Waals surface area contributed by atoms with Crippen LogP contribution in [0.5, 0.6) is 0 Å². The summed E-state index contributed by atoms with van der Waals surface area (Å²) in [5.74, 6) is 0. The third-order valence-corrected chi connectivity index (χ3v) is 6.48. The maximum atomic E-state index is 14.0. The van der Waals surface area contributed by atoms with E-state index >= 15 is 0 Å². The smallest absolute Gasteiger partial charge is 0.268 e. The topological polar surface area (TPSA) is 31.9 Å². The van der Waals surface area contributed by atoms with E-state index in [1.165, 1.54) is 0 Å². The molecule has 0 radical (unpaired) electrons. The van der Waals surface area contributed by atoms with Crippen LogP contribution in [0.4, 0.5) is 0 Å². The van der Waals surface area contributed by atoms with Crippen molar-refractivity contribution in [2.75, 3.05) is 0 Å². The van der Waals surface area contributed by atoms with E-state index in [1.54, 1.807) is 4.57 Å². The summed E-state index contributed by atoms with van der Waals surface area (Å²) in [6.45, 7) is 0. The molecule has 0 bridgehead atoms. The van der Waals surface area contributed by atoms with Crippen LogP contribution in [0.2, 0.25) is 0 Å². The van der Waals surface area contributed by atoms with Crippen LogP contribution in [0.15, 0.2) is 132 Å². The van der Waals surface area contributed by atoms with Crippen LogP contribution in [0.1, 0.15) is 0 Å². The van der Waals surface area contributed by atoms with Gasteiger partial charge in [-0.2, -0.15) is 0 Å². The Kier molecular flexibility index (Phi) is 5.24. The summed E-state index contributed by atoms with van der Waals surface area (Å²) >= 11 is 6.02. The van der Waals surface area contributed by atoms with E-state index in [0.29, 0.717) is 10.2 Å².